The van der Waals surface area contributed by atoms with Crippen molar-refractivity contribution in [2.75, 3.05) is 6.61 Å². The van der Waals surface area contributed by atoms with E-state index in [0.717, 1.165) is 0 Å². The topological polar surface area (TPSA) is 121 Å². The van der Waals surface area contributed by atoms with Crippen LogP contribution in [0.3, 0.4) is 0 Å². The smallest absolute Gasteiger partial charge is 0.346 e. The van der Waals surface area contributed by atoms with E-state index in [9.17, 15) is 14.4 Å². The van der Waals surface area contributed by atoms with Crippen molar-refractivity contribution >= 4 is 17.9 Å². The molecule has 0 heterocycles. The number of carbonyl (C=O) groups is 3. The van der Waals surface area contributed by atoms with Crippen LogP contribution in [0.1, 0.15) is 20.7 Å². The van der Waals surface area contributed by atoms with Gasteiger partial charge in [-0.05, 0) is 12.1 Å². The molecule has 1 aromatic carbocycles. The van der Waals surface area contributed by atoms with Gasteiger partial charge in [-0.25, -0.2) is 14.4 Å². The summed E-state index contributed by atoms with van der Waals surface area (Å²) in [4.78, 5) is 33.4. The summed E-state index contributed by atoms with van der Waals surface area (Å²) in [5, 5.41) is 26.2. The SMILES string of the molecule is O=C(O)c1ccccc1C(=O)OC(=O)C(O)CO. The van der Waals surface area contributed by atoms with E-state index in [0.29, 0.717) is 0 Å². The molecule has 1 rings (SSSR count). The molecule has 0 amide bonds. The summed E-state index contributed by atoms with van der Waals surface area (Å²) >= 11 is 0. The van der Waals surface area contributed by atoms with Crippen molar-refractivity contribution in [1.29, 1.82) is 0 Å². The van der Waals surface area contributed by atoms with Crippen molar-refractivity contribution in [2.45, 2.75) is 6.10 Å². The zero-order valence-electron chi connectivity index (χ0n) is 9.07. The van der Waals surface area contributed by atoms with Crippen molar-refractivity contribution in [2.24, 2.45) is 0 Å². The Morgan fingerprint density at radius 1 is 1.17 bits per heavy atom. The predicted octanol–water partition coefficient (Wildman–Crippen LogP) is -0.579. The number of rotatable bonds is 4. The molecule has 7 nitrogen and oxygen atoms in total. The minimum absolute atomic E-state index is 0.316. The molecule has 0 aromatic heterocycles. The zero-order chi connectivity index (χ0) is 13.7. The lowest BCUT2D eigenvalue weighted by atomic mass is 10.1. The third-order valence-corrected chi connectivity index (χ3v) is 2.02. The lowest BCUT2D eigenvalue weighted by Crippen LogP contribution is -2.29. The highest BCUT2D eigenvalue weighted by molar-refractivity contribution is 6.05. The molecule has 3 N–H and O–H groups in total. The van der Waals surface area contributed by atoms with Gasteiger partial charge in [-0.3, -0.25) is 0 Å². The lowest BCUT2D eigenvalue weighted by Gasteiger charge is -2.07. The molecule has 1 unspecified atom stereocenters. The molecule has 0 saturated carbocycles. The molecular weight excluding hydrogens is 244 g/mol. The summed E-state index contributed by atoms with van der Waals surface area (Å²) in [5.74, 6) is -3.90. The second-order valence-electron chi connectivity index (χ2n) is 3.26. The molecule has 18 heavy (non-hydrogen) atoms. The lowest BCUT2D eigenvalue weighted by molar-refractivity contribution is -0.149. The van der Waals surface area contributed by atoms with E-state index < -0.39 is 30.6 Å². The summed E-state index contributed by atoms with van der Waals surface area (Å²) in [6.45, 7) is -0.896. The fraction of sp³-hybridized carbons (Fsp3) is 0.182. The molecule has 0 bridgehead atoms. The molecule has 0 aliphatic carbocycles. The third kappa shape index (κ3) is 3.12. The minimum atomic E-state index is -1.84. The maximum Gasteiger partial charge on any atom is 0.346 e. The molecular formula is C11H10O7. The van der Waals surface area contributed by atoms with Gasteiger partial charge in [-0.15, -0.1) is 0 Å². The largest absolute Gasteiger partial charge is 0.478 e. The summed E-state index contributed by atoms with van der Waals surface area (Å²) < 4.78 is 4.23. The van der Waals surface area contributed by atoms with Gasteiger partial charge in [-0.1, -0.05) is 12.1 Å². The first-order valence-corrected chi connectivity index (χ1v) is 4.84. The predicted molar refractivity (Wildman–Crippen MR) is 56.9 cm³/mol. The van der Waals surface area contributed by atoms with Crippen LogP contribution in [0.25, 0.3) is 0 Å². The fourth-order valence-electron chi connectivity index (χ4n) is 1.14. The van der Waals surface area contributed by atoms with Crippen molar-refractivity contribution in [3.05, 3.63) is 35.4 Å². The highest BCUT2D eigenvalue weighted by atomic mass is 16.6. The number of carboxylic acids is 1. The van der Waals surface area contributed by atoms with Crippen LogP contribution in [0.4, 0.5) is 0 Å². The van der Waals surface area contributed by atoms with Crippen LogP contribution in [0.2, 0.25) is 0 Å². The molecule has 1 atom stereocenters. The van der Waals surface area contributed by atoms with E-state index in [-0.39, 0.29) is 11.1 Å². The van der Waals surface area contributed by atoms with E-state index >= 15 is 0 Å². The second-order valence-corrected chi connectivity index (χ2v) is 3.26. The highest BCUT2D eigenvalue weighted by Crippen LogP contribution is 2.10. The van der Waals surface area contributed by atoms with Gasteiger partial charge >= 0.3 is 17.9 Å². The Morgan fingerprint density at radius 2 is 1.72 bits per heavy atom. The summed E-state index contributed by atoms with van der Waals surface area (Å²) in [7, 11) is 0. The highest BCUT2D eigenvalue weighted by Gasteiger charge is 2.23. The second kappa shape index (κ2) is 5.89. The van der Waals surface area contributed by atoms with Gasteiger partial charge in [0, 0.05) is 0 Å². The molecule has 7 heteroatoms. The van der Waals surface area contributed by atoms with Crippen molar-refractivity contribution in [1.82, 2.24) is 0 Å². The fourth-order valence-corrected chi connectivity index (χ4v) is 1.14. The first-order chi connectivity index (χ1) is 8.47. The van der Waals surface area contributed by atoms with Gasteiger partial charge < -0.3 is 20.1 Å². The molecule has 0 spiro atoms. The number of carboxylic acid groups (broad SMARTS) is 1. The standard InChI is InChI=1S/C11H10O7/c12-5-8(13)11(17)18-10(16)7-4-2-1-3-6(7)9(14)15/h1-4,8,12-13H,5H2,(H,14,15). The van der Waals surface area contributed by atoms with Crippen LogP contribution >= 0.6 is 0 Å². The summed E-state index contributed by atoms with van der Waals surface area (Å²) in [5.41, 5.74) is -0.641. The number of aromatic carboxylic acids is 1. The number of benzene rings is 1. The quantitative estimate of drug-likeness (QED) is 0.485. The van der Waals surface area contributed by atoms with Crippen LogP contribution in [-0.2, 0) is 9.53 Å². The minimum Gasteiger partial charge on any atom is -0.478 e. The van der Waals surface area contributed by atoms with Crippen molar-refractivity contribution in [3.63, 3.8) is 0 Å². The van der Waals surface area contributed by atoms with Crippen molar-refractivity contribution in [3.8, 4) is 0 Å². The van der Waals surface area contributed by atoms with E-state index in [1.54, 1.807) is 0 Å². The average molecular weight is 254 g/mol. The van der Waals surface area contributed by atoms with Gasteiger partial charge in [0.1, 0.15) is 0 Å². The Labute approximate surface area is 101 Å². The molecule has 0 fully saturated rings. The van der Waals surface area contributed by atoms with Gasteiger partial charge in [0.15, 0.2) is 6.10 Å². The van der Waals surface area contributed by atoms with E-state index in [2.05, 4.69) is 4.74 Å². The van der Waals surface area contributed by atoms with Gasteiger partial charge in [0.2, 0.25) is 0 Å². The van der Waals surface area contributed by atoms with Crippen LogP contribution < -0.4 is 0 Å². The number of aliphatic hydroxyl groups excluding tert-OH is 2. The molecule has 96 valence electrons. The Kier molecular flexibility index (Phi) is 4.52. The normalized spacial score (nSPS) is 11.7. The maximum absolute atomic E-state index is 11.5. The number of ether oxygens (including phenoxy) is 1. The molecule has 0 saturated heterocycles. The van der Waals surface area contributed by atoms with Gasteiger partial charge in [0.05, 0.1) is 17.7 Å². The number of carbonyl (C=O) groups excluding carboxylic acids is 2. The first kappa shape index (κ1) is 13.8. The zero-order valence-corrected chi connectivity index (χ0v) is 9.07. The third-order valence-electron chi connectivity index (χ3n) is 2.02. The Hall–Kier alpha value is -2.25. The Bertz CT molecular complexity index is 480. The monoisotopic (exact) mass is 254 g/mol. The number of hydrogen-bond donors (Lipinski definition) is 3. The van der Waals surface area contributed by atoms with E-state index in [1.165, 1.54) is 24.3 Å². The first-order valence-electron chi connectivity index (χ1n) is 4.84. The number of aliphatic hydroxyl groups is 2. The molecule has 1 aromatic rings. The van der Waals surface area contributed by atoms with Gasteiger partial charge in [0.25, 0.3) is 0 Å². The summed E-state index contributed by atoms with van der Waals surface area (Å²) in [6, 6.07) is 5.15. The van der Waals surface area contributed by atoms with E-state index in [4.69, 9.17) is 15.3 Å². The van der Waals surface area contributed by atoms with Crippen LogP contribution in [0, 0.1) is 0 Å². The maximum atomic E-state index is 11.5. The Balaban J connectivity index is 2.92. The van der Waals surface area contributed by atoms with Crippen LogP contribution in [-0.4, -0.2) is 45.9 Å². The molecule has 0 aliphatic rings. The average Bonchev–Trinajstić information content (AvgIpc) is 2.37. The van der Waals surface area contributed by atoms with E-state index in [1.807, 2.05) is 0 Å². The number of esters is 2. The Morgan fingerprint density at radius 3 is 2.22 bits per heavy atom. The van der Waals surface area contributed by atoms with Crippen LogP contribution in [0.5, 0.6) is 0 Å². The molecule has 0 radical (unpaired) electrons. The number of hydrogen-bond acceptors (Lipinski definition) is 6. The van der Waals surface area contributed by atoms with Gasteiger partial charge in [-0.2, -0.15) is 0 Å². The summed E-state index contributed by atoms with van der Waals surface area (Å²) in [6.07, 6.45) is -1.84. The van der Waals surface area contributed by atoms with Crippen molar-refractivity contribution < 1.29 is 34.4 Å². The molecule has 0 aliphatic heterocycles. The van der Waals surface area contributed by atoms with Crippen LogP contribution in [0.15, 0.2) is 24.3 Å².